The summed E-state index contributed by atoms with van der Waals surface area (Å²) in [5.74, 6) is -0.655. The summed E-state index contributed by atoms with van der Waals surface area (Å²) in [5.41, 5.74) is -0.00289. The van der Waals surface area contributed by atoms with E-state index in [1.54, 1.807) is 0 Å². The Bertz CT molecular complexity index is 509. The molecule has 7 heteroatoms. The van der Waals surface area contributed by atoms with E-state index >= 15 is 0 Å². The maximum Gasteiger partial charge on any atom is 0.426 e. The number of rotatable bonds is 3. The molecule has 0 aliphatic heterocycles. The number of allylic oxidation sites excluding steroid dienone is 1. The smallest absolute Gasteiger partial charge is 0.426 e. The molecule has 19 heavy (non-hydrogen) atoms. The molecule has 0 aliphatic carbocycles. The molecule has 104 valence electrons. The Kier molecular flexibility index (Phi) is 4.83. The highest BCUT2D eigenvalue weighted by Gasteiger charge is 2.32. The molecule has 0 atom stereocenters. The van der Waals surface area contributed by atoms with E-state index in [9.17, 15) is 18.0 Å². The maximum atomic E-state index is 12.4. The Morgan fingerprint density at radius 1 is 1.37 bits per heavy atom. The zero-order chi connectivity index (χ0) is 14.6. The quantitative estimate of drug-likeness (QED) is 0.629. The highest BCUT2D eigenvalue weighted by Crippen LogP contribution is 2.36. The number of para-hydroxylation sites is 1. The summed E-state index contributed by atoms with van der Waals surface area (Å²) >= 11 is 5.15. The number of hydrogen-bond acceptors (Lipinski definition) is 3. The molecule has 0 aromatic heterocycles. The van der Waals surface area contributed by atoms with Crippen molar-refractivity contribution < 1.29 is 27.4 Å². The number of carbonyl (C=O) groups excluding carboxylic acids is 1. The molecule has 0 heterocycles. The third-order valence-electron chi connectivity index (χ3n) is 2.03. The summed E-state index contributed by atoms with van der Waals surface area (Å²) in [6.07, 6.45) is -4.00. The molecule has 0 saturated carbocycles. The van der Waals surface area contributed by atoms with E-state index in [1.807, 2.05) is 0 Å². The van der Waals surface area contributed by atoms with E-state index < -0.39 is 17.2 Å². The molecule has 1 rings (SSSR count). The number of alkyl halides is 3. The molecular formula is C12H10ClF3O3. The van der Waals surface area contributed by atoms with Gasteiger partial charge in [0.1, 0.15) is 5.03 Å². The summed E-state index contributed by atoms with van der Waals surface area (Å²) in [5, 5.41) is -1.32. The van der Waals surface area contributed by atoms with Gasteiger partial charge in [0.05, 0.1) is 7.11 Å². The largest absolute Gasteiger partial charge is 0.493 e. The third kappa shape index (κ3) is 4.17. The number of benzene rings is 1. The molecule has 3 nitrogen and oxygen atoms in total. The zero-order valence-electron chi connectivity index (χ0n) is 10.0. The minimum absolute atomic E-state index is 0.00289. The van der Waals surface area contributed by atoms with Crippen molar-refractivity contribution in [2.45, 2.75) is 13.1 Å². The van der Waals surface area contributed by atoms with Gasteiger partial charge in [0.15, 0.2) is 11.5 Å². The molecule has 0 amide bonds. The van der Waals surface area contributed by atoms with E-state index in [4.69, 9.17) is 21.1 Å². The van der Waals surface area contributed by atoms with Gasteiger partial charge in [-0.3, -0.25) is 4.79 Å². The summed E-state index contributed by atoms with van der Waals surface area (Å²) in [6.45, 7) is 1.13. The van der Waals surface area contributed by atoms with Gasteiger partial charge >= 0.3 is 12.1 Å². The Labute approximate surface area is 112 Å². The topological polar surface area (TPSA) is 35.5 Å². The summed E-state index contributed by atoms with van der Waals surface area (Å²) < 4.78 is 46.9. The Hall–Kier alpha value is -1.69. The predicted octanol–water partition coefficient (Wildman–Crippen LogP) is 3.76. The van der Waals surface area contributed by atoms with Crippen molar-refractivity contribution in [1.29, 1.82) is 0 Å². The molecule has 0 spiro atoms. The van der Waals surface area contributed by atoms with Crippen molar-refractivity contribution in [1.82, 2.24) is 0 Å². The van der Waals surface area contributed by atoms with Crippen LogP contribution in [-0.2, 0) is 4.79 Å². The second-order valence-electron chi connectivity index (χ2n) is 3.46. The second kappa shape index (κ2) is 5.97. The van der Waals surface area contributed by atoms with Crippen molar-refractivity contribution in [2.24, 2.45) is 0 Å². The molecule has 0 N–H and O–H groups in total. The molecule has 0 unspecified atom stereocenters. The Morgan fingerprint density at radius 3 is 2.47 bits per heavy atom. The lowest BCUT2D eigenvalue weighted by Gasteiger charge is -2.11. The predicted molar refractivity (Wildman–Crippen MR) is 64.2 cm³/mol. The SMILES string of the molecule is COc1cccc(C=C(Cl)C(F)(F)F)c1OC(C)=O. The van der Waals surface area contributed by atoms with Crippen molar-refractivity contribution >= 4 is 23.6 Å². The second-order valence-corrected chi connectivity index (χ2v) is 3.87. The van der Waals surface area contributed by atoms with Gasteiger partial charge in [-0.25, -0.2) is 0 Å². The Morgan fingerprint density at radius 2 is 2.00 bits per heavy atom. The van der Waals surface area contributed by atoms with Crippen LogP contribution in [0.3, 0.4) is 0 Å². The third-order valence-corrected chi connectivity index (χ3v) is 2.35. The lowest BCUT2D eigenvalue weighted by molar-refractivity contribution is -0.132. The highest BCUT2D eigenvalue weighted by molar-refractivity contribution is 6.32. The van der Waals surface area contributed by atoms with Gasteiger partial charge < -0.3 is 9.47 Å². The van der Waals surface area contributed by atoms with Crippen LogP contribution in [0.2, 0.25) is 0 Å². The van der Waals surface area contributed by atoms with Crippen LogP contribution >= 0.6 is 11.6 Å². The Balaban J connectivity index is 3.31. The van der Waals surface area contributed by atoms with Gasteiger partial charge in [-0.2, -0.15) is 13.2 Å². The average Bonchev–Trinajstić information content (AvgIpc) is 2.29. The van der Waals surface area contributed by atoms with Crippen LogP contribution in [0.5, 0.6) is 11.5 Å². The number of ether oxygens (including phenoxy) is 2. The molecule has 0 saturated heterocycles. The van der Waals surface area contributed by atoms with Gasteiger partial charge in [-0.1, -0.05) is 23.7 Å². The average molecular weight is 295 g/mol. The highest BCUT2D eigenvalue weighted by atomic mass is 35.5. The fourth-order valence-electron chi connectivity index (χ4n) is 1.28. The first-order valence-electron chi connectivity index (χ1n) is 5.05. The lowest BCUT2D eigenvalue weighted by atomic mass is 10.1. The number of hydrogen-bond donors (Lipinski definition) is 0. The van der Waals surface area contributed by atoms with E-state index in [0.29, 0.717) is 6.08 Å². The van der Waals surface area contributed by atoms with Gasteiger partial charge in [0.25, 0.3) is 0 Å². The van der Waals surface area contributed by atoms with Crippen LogP contribution in [-0.4, -0.2) is 19.3 Å². The minimum atomic E-state index is -4.67. The number of methoxy groups -OCH3 is 1. The minimum Gasteiger partial charge on any atom is -0.493 e. The van der Waals surface area contributed by atoms with Crippen LogP contribution in [0.25, 0.3) is 6.08 Å². The van der Waals surface area contributed by atoms with Gasteiger partial charge in [0, 0.05) is 12.5 Å². The molecule has 0 bridgehead atoms. The lowest BCUT2D eigenvalue weighted by Crippen LogP contribution is -2.08. The van der Waals surface area contributed by atoms with E-state index in [-0.39, 0.29) is 17.1 Å². The first kappa shape index (κ1) is 15.4. The fourth-order valence-corrected chi connectivity index (χ4v) is 1.40. The van der Waals surface area contributed by atoms with E-state index in [1.165, 1.54) is 25.3 Å². The van der Waals surface area contributed by atoms with Crippen molar-refractivity contribution in [3.05, 3.63) is 28.8 Å². The van der Waals surface area contributed by atoms with E-state index in [2.05, 4.69) is 0 Å². The van der Waals surface area contributed by atoms with Gasteiger partial charge in [-0.15, -0.1) is 0 Å². The van der Waals surface area contributed by atoms with Crippen LogP contribution in [0.1, 0.15) is 12.5 Å². The summed E-state index contributed by atoms with van der Waals surface area (Å²) in [6, 6.07) is 4.24. The van der Waals surface area contributed by atoms with Gasteiger partial charge in [0.2, 0.25) is 0 Å². The summed E-state index contributed by atoms with van der Waals surface area (Å²) in [7, 11) is 1.31. The molecule has 0 radical (unpaired) electrons. The van der Waals surface area contributed by atoms with Crippen LogP contribution in [0.15, 0.2) is 23.2 Å². The molecule has 0 aliphatic rings. The van der Waals surface area contributed by atoms with Gasteiger partial charge in [-0.05, 0) is 12.1 Å². The van der Waals surface area contributed by atoms with E-state index in [0.717, 1.165) is 6.92 Å². The first-order valence-corrected chi connectivity index (χ1v) is 5.43. The van der Waals surface area contributed by atoms with Crippen molar-refractivity contribution in [2.75, 3.05) is 7.11 Å². The monoisotopic (exact) mass is 294 g/mol. The molecular weight excluding hydrogens is 285 g/mol. The fraction of sp³-hybridized carbons (Fsp3) is 0.250. The molecule has 0 fully saturated rings. The van der Waals surface area contributed by atoms with Crippen LogP contribution < -0.4 is 9.47 Å². The first-order chi connectivity index (χ1) is 8.75. The summed E-state index contributed by atoms with van der Waals surface area (Å²) in [4.78, 5) is 11.0. The van der Waals surface area contributed by atoms with Crippen LogP contribution in [0.4, 0.5) is 13.2 Å². The maximum absolute atomic E-state index is 12.4. The van der Waals surface area contributed by atoms with Crippen molar-refractivity contribution in [3.8, 4) is 11.5 Å². The number of esters is 1. The number of halogens is 4. The number of carbonyl (C=O) groups is 1. The zero-order valence-corrected chi connectivity index (χ0v) is 10.8. The normalized spacial score (nSPS) is 12.2. The van der Waals surface area contributed by atoms with Crippen molar-refractivity contribution in [3.63, 3.8) is 0 Å². The molecule has 1 aromatic carbocycles. The molecule has 1 aromatic rings. The van der Waals surface area contributed by atoms with Crippen LogP contribution in [0, 0.1) is 0 Å². The standard InChI is InChI=1S/C12H10ClF3O3/c1-7(17)19-11-8(4-3-5-9(11)18-2)6-10(13)12(14,15)16/h3-6H,1-2H3.